The van der Waals surface area contributed by atoms with E-state index in [4.69, 9.17) is 12.2 Å². The SMILES string of the molecule is C[C@H]1CCc2nc(NC(=S)Nc3ccc([N+](=O)[O-])cc3)sc2C1. The van der Waals surface area contributed by atoms with Crippen LogP contribution in [0.2, 0.25) is 0 Å². The number of hydrogen-bond acceptors (Lipinski definition) is 5. The predicted octanol–water partition coefficient (Wildman–Crippen LogP) is 3.99. The average Bonchev–Trinajstić information content (AvgIpc) is 2.88. The predicted molar refractivity (Wildman–Crippen MR) is 96.2 cm³/mol. The van der Waals surface area contributed by atoms with Gasteiger partial charge in [-0.1, -0.05) is 6.92 Å². The highest BCUT2D eigenvalue weighted by molar-refractivity contribution is 7.80. The number of benzene rings is 1. The Morgan fingerprint density at radius 2 is 2.13 bits per heavy atom. The van der Waals surface area contributed by atoms with Crippen molar-refractivity contribution in [2.75, 3.05) is 10.6 Å². The topological polar surface area (TPSA) is 80.1 Å². The second-order valence-electron chi connectivity index (χ2n) is 5.62. The van der Waals surface area contributed by atoms with Gasteiger partial charge in [-0.2, -0.15) is 0 Å². The van der Waals surface area contributed by atoms with Gasteiger partial charge >= 0.3 is 0 Å². The first-order chi connectivity index (χ1) is 11.0. The van der Waals surface area contributed by atoms with Crippen LogP contribution < -0.4 is 10.6 Å². The zero-order valence-corrected chi connectivity index (χ0v) is 14.2. The van der Waals surface area contributed by atoms with E-state index in [1.807, 2.05) is 0 Å². The second-order valence-corrected chi connectivity index (χ2v) is 7.11. The molecule has 1 heterocycles. The second kappa shape index (κ2) is 6.59. The molecule has 120 valence electrons. The lowest BCUT2D eigenvalue weighted by Crippen LogP contribution is -2.18. The molecule has 1 aliphatic rings. The number of aromatic nitrogens is 1. The maximum Gasteiger partial charge on any atom is 0.269 e. The van der Waals surface area contributed by atoms with E-state index in [0.717, 1.165) is 18.0 Å². The first-order valence-corrected chi connectivity index (χ1v) is 8.55. The maximum atomic E-state index is 10.6. The number of non-ortho nitro benzene ring substituents is 1. The monoisotopic (exact) mass is 348 g/mol. The van der Waals surface area contributed by atoms with Gasteiger partial charge in [0.05, 0.1) is 10.6 Å². The van der Waals surface area contributed by atoms with Crippen LogP contribution in [0, 0.1) is 16.0 Å². The Hall–Kier alpha value is -2.06. The Morgan fingerprint density at radius 1 is 1.39 bits per heavy atom. The summed E-state index contributed by atoms with van der Waals surface area (Å²) < 4.78 is 0. The fourth-order valence-electron chi connectivity index (χ4n) is 2.52. The van der Waals surface area contributed by atoms with Gasteiger partial charge in [0.25, 0.3) is 5.69 Å². The number of thiocarbonyl (C=S) groups is 1. The fraction of sp³-hybridized carbons (Fsp3) is 0.333. The minimum Gasteiger partial charge on any atom is -0.332 e. The van der Waals surface area contributed by atoms with E-state index in [1.54, 1.807) is 23.5 Å². The number of nitrogens with zero attached hydrogens (tertiary/aromatic N) is 2. The van der Waals surface area contributed by atoms with Crippen molar-refractivity contribution in [1.82, 2.24) is 4.98 Å². The third-order valence-electron chi connectivity index (χ3n) is 3.74. The molecule has 6 nitrogen and oxygen atoms in total. The van der Waals surface area contributed by atoms with E-state index in [-0.39, 0.29) is 5.69 Å². The molecular formula is C15H16N4O2S2. The third kappa shape index (κ3) is 3.83. The molecule has 1 aromatic heterocycles. The number of nitrogens with one attached hydrogen (secondary N) is 2. The average molecular weight is 348 g/mol. The third-order valence-corrected chi connectivity index (χ3v) is 4.98. The molecular weight excluding hydrogens is 332 g/mol. The molecule has 1 aromatic carbocycles. The molecule has 2 N–H and O–H groups in total. The first-order valence-electron chi connectivity index (χ1n) is 7.32. The largest absolute Gasteiger partial charge is 0.332 e. The van der Waals surface area contributed by atoms with Gasteiger partial charge in [0.1, 0.15) is 0 Å². The summed E-state index contributed by atoms with van der Waals surface area (Å²) in [6, 6.07) is 6.13. The Kier molecular flexibility index (Phi) is 4.53. The number of thiazole rings is 1. The van der Waals surface area contributed by atoms with E-state index < -0.39 is 4.92 Å². The molecule has 0 unspecified atom stereocenters. The molecule has 0 bridgehead atoms. The standard InChI is InChI=1S/C15H16N4O2S2/c1-9-2-7-12-13(8-9)23-15(17-12)18-14(22)16-10-3-5-11(6-4-10)19(20)21/h3-6,9H,2,7-8H2,1H3,(H2,16,17,18,22)/t9-/m0/s1. The molecule has 0 radical (unpaired) electrons. The first kappa shape index (κ1) is 15.8. The van der Waals surface area contributed by atoms with E-state index in [1.165, 1.54) is 29.1 Å². The Labute approximate surface area is 143 Å². The highest BCUT2D eigenvalue weighted by atomic mass is 32.1. The van der Waals surface area contributed by atoms with Gasteiger partial charge < -0.3 is 10.6 Å². The minimum absolute atomic E-state index is 0.0520. The highest BCUT2D eigenvalue weighted by Gasteiger charge is 2.20. The van der Waals surface area contributed by atoms with Crippen molar-refractivity contribution in [2.24, 2.45) is 5.92 Å². The van der Waals surface area contributed by atoms with Crippen molar-refractivity contribution in [3.8, 4) is 0 Å². The van der Waals surface area contributed by atoms with Gasteiger partial charge in [-0.15, -0.1) is 11.3 Å². The molecule has 0 amide bonds. The number of aryl methyl sites for hydroxylation is 1. The van der Waals surface area contributed by atoms with Crippen LogP contribution in [0.1, 0.15) is 23.9 Å². The molecule has 23 heavy (non-hydrogen) atoms. The Morgan fingerprint density at radius 3 is 2.83 bits per heavy atom. The van der Waals surface area contributed by atoms with Crippen LogP contribution in [0.25, 0.3) is 0 Å². The normalized spacial score (nSPS) is 16.5. The van der Waals surface area contributed by atoms with Gasteiger partial charge in [-0.05, 0) is 49.5 Å². The van der Waals surface area contributed by atoms with Crippen molar-refractivity contribution < 1.29 is 4.92 Å². The molecule has 8 heteroatoms. The van der Waals surface area contributed by atoms with Crippen LogP contribution in [-0.4, -0.2) is 15.0 Å². The number of fused-ring (bicyclic) bond motifs is 1. The maximum absolute atomic E-state index is 10.6. The lowest BCUT2D eigenvalue weighted by Gasteiger charge is -2.15. The van der Waals surface area contributed by atoms with Crippen LogP contribution >= 0.6 is 23.6 Å². The molecule has 0 spiro atoms. The van der Waals surface area contributed by atoms with Crippen molar-refractivity contribution in [3.63, 3.8) is 0 Å². The molecule has 3 rings (SSSR count). The van der Waals surface area contributed by atoms with Crippen molar-refractivity contribution in [2.45, 2.75) is 26.2 Å². The molecule has 0 saturated heterocycles. The molecule has 0 saturated carbocycles. The molecule has 0 fully saturated rings. The summed E-state index contributed by atoms with van der Waals surface area (Å²) in [7, 11) is 0. The quantitative estimate of drug-likeness (QED) is 0.496. The summed E-state index contributed by atoms with van der Waals surface area (Å²) in [4.78, 5) is 16.1. The molecule has 0 aliphatic heterocycles. The van der Waals surface area contributed by atoms with Crippen LogP contribution in [-0.2, 0) is 12.8 Å². The zero-order chi connectivity index (χ0) is 16.4. The Balaban J connectivity index is 1.62. The molecule has 1 aliphatic carbocycles. The van der Waals surface area contributed by atoms with Crippen molar-refractivity contribution in [3.05, 3.63) is 45.0 Å². The minimum atomic E-state index is -0.429. The smallest absolute Gasteiger partial charge is 0.269 e. The van der Waals surface area contributed by atoms with Crippen molar-refractivity contribution >= 4 is 45.2 Å². The number of nitro groups is 1. The van der Waals surface area contributed by atoms with Gasteiger partial charge in [-0.3, -0.25) is 10.1 Å². The Bertz CT molecular complexity index is 742. The summed E-state index contributed by atoms with van der Waals surface area (Å²) in [5.41, 5.74) is 1.92. The lowest BCUT2D eigenvalue weighted by atomic mass is 9.93. The van der Waals surface area contributed by atoms with E-state index in [2.05, 4.69) is 22.5 Å². The van der Waals surface area contributed by atoms with Crippen LogP contribution in [0.3, 0.4) is 0 Å². The van der Waals surface area contributed by atoms with E-state index >= 15 is 0 Å². The highest BCUT2D eigenvalue weighted by Crippen LogP contribution is 2.32. The number of anilines is 2. The summed E-state index contributed by atoms with van der Waals surface area (Å²) in [5, 5.41) is 18.0. The number of rotatable bonds is 3. The summed E-state index contributed by atoms with van der Waals surface area (Å²) in [6.45, 7) is 2.26. The van der Waals surface area contributed by atoms with Gasteiger partial charge in [0, 0.05) is 22.7 Å². The van der Waals surface area contributed by atoms with E-state index in [0.29, 0.717) is 16.7 Å². The van der Waals surface area contributed by atoms with E-state index in [9.17, 15) is 10.1 Å². The van der Waals surface area contributed by atoms with Gasteiger partial charge in [0.15, 0.2) is 10.2 Å². The summed E-state index contributed by atoms with van der Waals surface area (Å²) >= 11 is 6.92. The van der Waals surface area contributed by atoms with Crippen LogP contribution in [0.4, 0.5) is 16.5 Å². The van der Waals surface area contributed by atoms with Crippen LogP contribution in [0.15, 0.2) is 24.3 Å². The van der Waals surface area contributed by atoms with Gasteiger partial charge in [-0.25, -0.2) is 4.98 Å². The summed E-state index contributed by atoms with van der Waals surface area (Å²) in [5.74, 6) is 0.709. The molecule has 2 aromatic rings. The summed E-state index contributed by atoms with van der Waals surface area (Å²) in [6.07, 6.45) is 3.29. The fourth-order valence-corrected chi connectivity index (χ4v) is 3.97. The zero-order valence-electron chi connectivity index (χ0n) is 12.5. The number of hydrogen-bond donors (Lipinski definition) is 2. The van der Waals surface area contributed by atoms with Crippen LogP contribution in [0.5, 0.6) is 0 Å². The lowest BCUT2D eigenvalue weighted by molar-refractivity contribution is -0.384. The number of nitro benzene ring substituents is 1. The molecule has 1 atom stereocenters. The van der Waals surface area contributed by atoms with Crippen molar-refractivity contribution in [1.29, 1.82) is 0 Å². The van der Waals surface area contributed by atoms with Gasteiger partial charge in [0.2, 0.25) is 0 Å².